The number of fused-ring (bicyclic) bond motifs is 5. The fourth-order valence-electron chi connectivity index (χ4n) is 7.83. The quantitative estimate of drug-likeness (QED) is 0.561. The lowest BCUT2D eigenvalue weighted by Gasteiger charge is -2.55. The summed E-state index contributed by atoms with van der Waals surface area (Å²) in [5.74, 6) is 1.65. The third kappa shape index (κ3) is 3.38. The number of piperidine rings is 2. The first-order valence-corrected chi connectivity index (χ1v) is 12.7. The fourth-order valence-corrected chi connectivity index (χ4v) is 7.83. The van der Waals surface area contributed by atoms with Crippen molar-refractivity contribution in [1.29, 1.82) is 5.41 Å². The molecule has 2 aliphatic heterocycles. The molecule has 6 rings (SSSR count). The van der Waals surface area contributed by atoms with Gasteiger partial charge < -0.3 is 10.3 Å². The Hall–Kier alpha value is -2.21. The second-order valence-electron chi connectivity index (χ2n) is 10.9. The van der Waals surface area contributed by atoms with Crippen LogP contribution in [0, 0.1) is 17.2 Å². The van der Waals surface area contributed by atoms with Gasteiger partial charge in [-0.2, -0.15) is 0 Å². The van der Waals surface area contributed by atoms with Crippen LogP contribution in [0.5, 0.6) is 0 Å². The highest BCUT2D eigenvalue weighted by Gasteiger charge is 2.45. The van der Waals surface area contributed by atoms with Crippen molar-refractivity contribution in [3.63, 3.8) is 0 Å². The number of benzene rings is 1. The smallest absolute Gasteiger partial charge is 0.281 e. The summed E-state index contributed by atoms with van der Waals surface area (Å²) >= 11 is 0. The molecule has 32 heavy (non-hydrogen) atoms. The Labute approximate surface area is 189 Å². The minimum atomic E-state index is -0.235. The van der Waals surface area contributed by atoms with Crippen molar-refractivity contribution in [3.8, 4) is 0 Å². The minimum absolute atomic E-state index is 0.0939. The molecule has 1 aromatic heterocycles. The average molecular weight is 434 g/mol. The zero-order valence-corrected chi connectivity index (χ0v) is 18.9. The highest BCUT2D eigenvalue weighted by atomic mass is 16.1. The third-order valence-corrected chi connectivity index (χ3v) is 8.95. The number of amidine groups is 1. The van der Waals surface area contributed by atoms with Crippen molar-refractivity contribution in [2.24, 2.45) is 17.6 Å². The molecule has 4 aliphatic rings. The number of rotatable bonds is 3. The van der Waals surface area contributed by atoms with E-state index in [9.17, 15) is 4.79 Å². The van der Waals surface area contributed by atoms with Crippen molar-refractivity contribution >= 4 is 16.9 Å². The summed E-state index contributed by atoms with van der Waals surface area (Å²) in [4.78, 5) is 20.8. The Morgan fingerprint density at radius 2 is 1.53 bits per heavy atom. The Balaban J connectivity index is 1.35. The van der Waals surface area contributed by atoms with Crippen molar-refractivity contribution in [2.75, 3.05) is 0 Å². The molecular formula is C26H35N5O. The molecule has 2 saturated carbocycles. The summed E-state index contributed by atoms with van der Waals surface area (Å²) in [5.41, 5.74) is 7.29. The van der Waals surface area contributed by atoms with Gasteiger partial charge in [0.2, 0.25) is 0 Å². The van der Waals surface area contributed by atoms with Gasteiger partial charge in [-0.3, -0.25) is 15.1 Å². The van der Waals surface area contributed by atoms with Gasteiger partial charge in [0.1, 0.15) is 5.84 Å². The lowest BCUT2D eigenvalue weighted by atomic mass is 9.68. The van der Waals surface area contributed by atoms with Gasteiger partial charge in [-0.15, -0.1) is 0 Å². The molecule has 0 amide bonds. The summed E-state index contributed by atoms with van der Waals surface area (Å²) < 4.78 is 1.94. The number of nitrogens with one attached hydrogen (secondary N) is 1. The van der Waals surface area contributed by atoms with Crippen LogP contribution in [-0.2, 0) is 0 Å². The van der Waals surface area contributed by atoms with Crippen LogP contribution < -0.4 is 11.3 Å². The predicted molar refractivity (Wildman–Crippen MR) is 127 cm³/mol. The zero-order valence-electron chi connectivity index (χ0n) is 18.9. The van der Waals surface area contributed by atoms with Crippen LogP contribution in [0.25, 0.3) is 11.0 Å². The molecule has 4 fully saturated rings. The largest absolute Gasteiger partial charge is 0.382 e. The molecule has 170 valence electrons. The van der Waals surface area contributed by atoms with Crippen LogP contribution in [0.2, 0.25) is 0 Å². The summed E-state index contributed by atoms with van der Waals surface area (Å²) in [6, 6.07) is 9.87. The summed E-state index contributed by atoms with van der Waals surface area (Å²) in [7, 11) is 0. The Kier molecular flexibility index (Phi) is 5.09. The van der Waals surface area contributed by atoms with E-state index in [0.717, 1.165) is 41.8 Å². The van der Waals surface area contributed by atoms with E-state index in [1.165, 1.54) is 57.8 Å². The van der Waals surface area contributed by atoms with Crippen molar-refractivity contribution in [1.82, 2.24) is 14.5 Å². The predicted octanol–water partition coefficient (Wildman–Crippen LogP) is 4.21. The first-order chi connectivity index (χ1) is 15.6. The SMILES string of the molecule is N=C(N)c1nc2ccccc2n(C2C[C@H]3CCC[C@@H](C2)N3C2CC3CCCC(C3)C2)c1=O. The Morgan fingerprint density at radius 3 is 2.22 bits per heavy atom. The molecular weight excluding hydrogens is 398 g/mol. The number of nitrogens with zero attached hydrogens (tertiary/aromatic N) is 3. The Bertz CT molecular complexity index is 1070. The highest BCUT2D eigenvalue weighted by Crippen LogP contribution is 2.47. The lowest BCUT2D eigenvalue weighted by Crippen LogP contribution is -2.58. The number of hydrogen-bond donors (Lipinski definition) is 2. The van der Waals surface area contributed by atoms with E-state index in [1.54, 1.807) is 0 Å². The van der Waals surface area contributed by atoms with Crippen LogP contribution in [0.1, 0.15) is 82.4 Å². The molecule has 6 heteroatoms. The van der Waals surface area contributed by atoms with Gasteiger partial charge in [0.05, 0.1) is 11.0 Å². The maximum atomic E-state index is 13.4. The van der Waals surface area contributed by atoms with E-state index in [-0.39, 0.29) is 23.1 Å². The summed E-state index contributed by atoms with van der Waals surface area (Å²) in [6.45, 7) is 0. The van der Waals surface area contributed by atoms with Gasteiger partial charge in [-0.25, -0.2) is 4.98 Å². The molecule has 4 bridgehead atoms. The summed E-state index contributed by atoms with van der Waals surface area (Å²) in [6.07, 6.45) is 14.4. The average Bonchev–Trinajstić information content (AvgIpc) is 2.77. The van der Waals surface area contributed by atoms with Crippen LogP contribution in [0.4, 0.5) is 0 Å². The second kappa shape index (κ2) is 7.98. The standard InChI is InChI=1S/C26H35N5O/c27-25(28)24-26(32)31(23-10-2-1-9-22(23)29-24)21-14-18-7-4-8-19(15-21)30(18)20-12-16-5-3-6-17(11-16)13-20/h1-2,9-10,16-21H,3-8,11-15H2,(H3,27,28)/t16?,17?,18-,19+,20?,21?. The van der Waals surface area contributed by atoms with Crippen LogP contribution in [0.15, 0.2) is 29.1 Å². The number of nitrogen functional groups attached to an aromatic ring is 1. The van der Waals surface area contributed by atoms with Crippen LogP contribution >= 0.6 is 0 Å². The van der Waals surface area contributed by atoms with E-state index >= 15 is 0 Å². The van der Waals surface area contributed by atoms with Gasteiger partial charge in [-0.1, -0.05) is 37.8 Å². The van der Waals surface area contributed by atoms with Gasteiger partial charge in [0.15, 0.2) is 5.69 Å². The number of para-hydroxylation sites is 2. The fraction of sp³-hybridized carbons (Fsp3) is 0.654. The molecule has 5 atom stereocenters. The van der Waals surface area contributed by atoms with Crippen molar-refractivity contribution in [2.45, 2.75) is 94.8 Å². The molecule has 6 nitrogen and oxygen atoms in total. The van der Waals surface area contributed by atoms with E-state index in [0.29, 0.717) is 12.1 Å². The molecule has 2 aromatic rings. The van der Waals surface area contributed by atoms with Crippen molar-refractivity contribution in [3.05, 3.63) is 40.3 Å². The highest BCUT2D eigenvalue weighted by molar-refractivity contribution is 5.94. The number of hydrogen-bond acceptors (Lipinski definition) is 4. The van der Waals surface area contributed by atoms with E-state index in [4.69, 9.17) is 11.1 Å². The van der Waals surface area contributed by atoms with Crippen LogP contribution in [0.3, 0.4) is 0 Å². The number of nitrogens with two attached hydrogens (primary N) is 1. The van der Waals surface area contributed by atoms with Gasteiger partial charge in [-0.05, 0) is 68.9 Å². The topological polar surface area (TPSA) is 88.0 Å². The van der Waals surface area contributed by atoms with Gasteiger partial charge >= 0.3 is 0 Å². The molecule has 1 aromatic carbocycles. The van der Waals surface area contributed by atoms with Gasteiger partial charge in [0.25, 0.3) is 5.56 Å². The zero-order chi connectivity index (χ0) is 21.8. The Morgan fingerprint density at radius 1 is 0.875 bits per heavy atom. The maximum Gasteiger partial charge on any atom is 0.281 e. The molecule has 2 saturated heterocycles. The molecule has 0 radical (unpaired) electrons. The third-order valence-electron chi connectivity index (χ3n) is 8.95. The first kappa shape index (κ1) is 20.4. The van der Waals surface area contributed by atoms with E-state index in [1.807, 2.05) is 28.8 Å². The summed E-state index contributed by atoms with van der Waals surface area (Å²) in [5, 5.41) is 7.91. The maximum absolute atomic E-state index is 13.4. The second-order valence-corrected chi connectivity index (χ2v) is 10.9. The normalized spacial score (nSPS) is 35.0. The first-order valence-electron chi connectivity index (χ1n) is 12.7. The molecule has 3 unspecified atom stereocenters. The van der Waals surface area contributed by atoms with E-state index in [2.05, 4.69) is 9.88 Å². The lowest BCUT2D eigenvalue weighted by molar-refractivity contribution is -0.0485. The monoisotopic (exact) mass is 433 g/mol. The molecule has 3 heterocycles. The molecule has 2 aliphatic carbocycles. The molecule has 3 N–H and O–H groups in total. The van der Waals surface area contributed by atoms with E-state index < -0.39 is 0 Å². The minimum Gasteiger partial charge on any atom is -0.382 e. The van der Waals surface area contributed by atoms with Gasteiger partial charge in [0, 0.05) is 24.2 Å². The molecule has 0 spiro atoms. The van der Waals surface area contributed by atoms with Crippen molar-refractivity contribution < 1.29 is 0 Å². The van der Waals surface area contributed by atoms with Crippen LogP contribution in [-0.4, -0.2) is 38.4 Å². The number of aromatic nitrogens is 2.